The molecule has 4 nitrogen and oxygen atoms in total. The third-order valence-electron chi connectivity index (χ3n) is 2.27. The van der Waals surface area contributed by atoms with Crippen molar-refractivity contribution in [2.75, 3.05) is 6.61 Å². The van der Waals surface area contributed by atoms with Gasteiger partial charge in [-0.25, -0.2) is 13.6 Å². The average molecular weight is 308 g/mol. The van der Waals surface area contributed by atoms with Crippen LogP contribution in [0.1, 0.15) is 24.2 Å². The molecule has 1 aromatic rings. The zero-order chi connectivity index (χ0) is 16.2. The monoisotopic (exact) mass is 308 g/mol. The van der Waals surface area contributed by atoms with Gasteiger partial charge in [-0.15, -0.1) is 0 Å². The second kappa shape index (κ2) is 6.96. The van der Waals surface area contributed by atoms with Crippen molar-refractivity contribution < 1.29 is 36.6 Å². The van der Waals surface area contributed by atoms with Crippen molar-refractivity contribution in [3.8, 4) is 5.75 Å². The molecule has 0 spiro atoms. The van der Waals surface area contributed by atoms with Gasteiger partial charge in [-0.05, 0) is 6.92 Å². The van der Waals surface area contributed by atoms with Crippen LogP contribution in [-0.4, -0.2) is 18.9 Å². The lowest BCUT2D eigenvalue weighted by molar-refractivity contribution is -0.0192. The molecule has 1 atom stereocenters. The molecule has 0 amide bonds. The van der Waals surface area contributed by atoms with Gasteiger partial charge in [0.2, 0.25) is 23.7 Å². The molecule has 0 aliphatic heterocycles. The zero-order valence-corrected chi connectivity index (χ0v) is 11.2. The summed E-state index contributed by atoms with van der Waals surface area (Å²) in [6.45, 7) is 5.55. The minimum atomic E-state index is -1.91. The molecule has 0 radical (unpaired) electrons. The Hall–Kier alpha value is -2.25. The van der Waals surface area contributed by atoms with E-state index < -0.39 is 46.8 Å². The fourth-order valence-electron chi connectivity index (χ4n) is 1.43. The maximum absolute atomic E-state index is 13.7. The van der Waals surface area contributed by atoms with Gasteiger partial charge in [-0.2, -0.15) is 8.78 Å². The predicted octanol–water partition coefficient (Wildman–Crippen LogP) is 3.30. The van der Waals surface area contributed by atoms with Crippen molar-refractivity contribution in [2.45, 2.75) is 20.1 Å². The van der Waals surface area contributed by atoms with Gasteiger partial charge in [0.15, 0.2) is 11.6 Å². The van der Waals surface area contributed by atoms with Gasteiger partial charge < -0.3 is 14.2 Å². The van der Waals surface area contributed by atoms with Crippen molar-refractivity contribution in [1.82, 2.24) is 0 Å². The molecule has 1 unspecified atom stereocenters. The van der Waals surface area contributed by atoms with Crippen LogP contribution in [0.25, 0.3) is 0 Å². The Bertz CT molecular complexity index is 531. The second-order valence-corrected chi connectivity index (χ2v) is 3.67. The van der Waals surface area contributed by atoms with E-state index in [0.29, 0.717) is 0 Å². The van der Waals surface area contributed by atoms with E-state index >= 15 is 0 Å². The summed E-state index contributed by atoms with van der Waals surface area (Å²) >= 11 is 0. The predicted molar refractivity (Wildman–Crippen MR) is 63.6 cm³/mol. The number of benzene rings is 1. The van der Waals surface area contributed by atoms with Crippen LogP contribution in [0.2, 0.25) is 0 Å². The van der Waals surface area contributed by atoms with E-state index in [4.69, 9.17) is 0 Å². The molecule has 0 aromatic heterocycles. The van der Waals surface area contributed by atoms with E-state index in [9.17, 15) is 22.4 Å². The van der Waals surface area contributed by atoms with E-state index in [1.807, 2.05) is 0 Å². The van der Waals surface area contributed by atoms with Crippen LogP contribution in [0.3, 0.4) is 0 Å². The molecule has 8 heteroatoms. The van der Waals surface area contributed by atoms with Crippen LogP contribution in [0.4, 0.5) is 17.6 Å². The zero-order valence-electron chi connectivity index (χ0n) is 11.2. The van der Waals surface area contributed by atoms with Crippen molar-refractivity contribution in [3.63, 3.8) is 0 Å². The summed E-state index contributed by atoms with van der Waals surface area (Å²) in [4.78, 5) is 11.3. The van der Waals surface area contributed by atoms with E-state index in [-0.39, 0.29) is 6.61 Å². The summed E-state index contributed by atoms with van der Waals surface area (Å²) < 4.78 is 68.3. The van der Waals surface area contributed by atoms with Crippen LogP contribution >= 0.6 is 0 Å². The van der Waals surface area contributed by atoms with Crippen LogP contribution in [0.5, 0.6) is 5.75 Å². The maximum atomic E-state index is 13.7. The van der Waals surface area contributed by atoms with Crippen LogP contribution in [-0.2, 0) is 9.47 Å². The lowest BCUT2D eigenvalue weighted by atomic mass is 10.1. The fraction of sp³-hybridized carbons (Fsp3) is 0.308. The summed E-state index contributed by atoms with van der Waals surface area (Å²) in [6, 6.07) is 0. The van der Waals surface area contributed by atoms with Gasteiger partial charge in [0.05, 0.1) is 12.9 Å². The first-order valence-electron chi connectivity index (χ1n) is 5.81. The Balaban J connectivity index is 3.32. The summed E-state index contributed by atoms with van der Waals surface area (Å²) in [5.74, 6) is -10.4. The largest absolute Gasteiger partial charge is 0.463 e. The first kappa shape index (κ1) is 16.8. The molecule has 116 valence electrons. The number of rotatable bonds is 6. The van der Waals surface area contributed by atoms with Gasteiger partial charge in [0.25, 0.3) is 0 Å². The molecule has 0 N–H and O–H groups in total. The summed E-state index contributed by atoms with van der Waals surface area (Å²) in [5, 5.41) is 0. The van der Waals surface area contributed by atoms with E-state index in [1.165, 1.54) is 13.8 Å². The first-order chi connectivity index (χ1) is 9.84. The van der Waals surface area contributed by atoms with Gasteiger partial charge in [-0.1, -0.05) is 6.58 Å². The number of hydrogen-bond acceptors (Lipinski definition) is 4. The van der Waals surface area contributed by atoms with Gasteiger partial charge in [0, 0.05) is 6.92 Å². The molecule has 0 aliphatic carbocycles. The standard InChI is InChI=1S/C13H12F4O4/c1-4-19-6(3)21-12-10(16)8(14)7(9(15)11(12)17)13(18)20-5-2/h4,6H,1,5H2,2-3H3. The van der Waals surface area contributed by atoms with Crippen LogP contribution in [0.15, 0.2) is 12.8 Å². The number of carbonyl (C=O) groups is 1. The van der Waals surface area contributed by atoms with Gasteiger partial charge in [0.1, 0.15) is 5.56 Å². The minimum Gasteiger partial charge on any atom is -0.463 e. The lowest BCUT2D eigenvalue weighted by Gasteiger charge is -2.16. The van der Waals surface area contributed by atoms with Crippen molar-refractivity contribution in [1.29, 1.82) is 0 Å². The highest BCUT2D eigenvalue weighted by molar-refractivity contribution is 5.90. The highest BCUT2D eigenvalue weighted by Crippen LogP contribution is 2.31. The first-order valence-corrected chi connectivity index (χ1v) is 5.81. The summed E-state index contributed by atoms with van der Waals surface area (Å²) in [5.41, 5.74) is -1.46. The summed E-state index contributed by atoms with van der Waals surface area (Å²) in [7, 11) is 0. The van der Waals surface area contributed by atoms with E-state index in [0.717, 1.165) is 6.26 Å². The smallest absolute Gasteiger partial charge is 0.344 e. The van der Waals surface area contributed by atoms with E-state index in [2.05, 4.69) is 20.8 Å². The highest BCUT2D eigenvalue weighted by Gasteiger charge is 2.32. The van der Waals surface area contributed by atoms with Gasteiger partial charge in [-0.3, -0.25) is 0 Å². The Kier molecular flexibility index (Phi) is 5.57. The topological polar surface area (TPSA) is 44.8 Å². The van der Waals surface area contributed by atoms with Gasteiger partial charge >= 0.3 is 5.97 Å². The molecule has 21 heavy (non-hydrogen) atoms. The number of halogens is 4. The minimum absolute atomic E-state index is 0.219. The highest BCUT2D eigenvalue weighted by atomic mass is 19.2. The quantitative estimate of drug-likeness (QED) is 0.266. The number of carbonyl (C=O) groups excluding carboxylic acids is 1. The molecule has 0 saturated heterocycles. The Morgan fingerprint density at radius 2 is 1.71 bits per heavy atom. The Morgan fingerprint density at radius 1 is 1.19 bits per heavy atom. The Morgan fingerprint density at radius 3 is 2.14 bits per heavy atom. The molecule has 0 bridgehead atoms. The SMILES string of the molecule is C=COC(C)Oc1c(F)c(F)c(C(=O)OCC)c(F)c1F. The van der Waals surface area contributed by atoms with E-state index in [1.54, 1.807) is 0 Å². The molecule has 0 aliphatic rings. The molecule has 0 heterocycles. The van der Waals surface area contributed by atoms with Crippen molar-refractivity contribution in [3.05, 3.63) is 41.7 Å². The molecule has 0 fully saturated rings. The fourth-order valence-corrected chi connectivity index (χ4v) is 1.43. The molecule has 1 aromatic carbocycles. The summed E-state index contributed by atoms with van der Waals surface area (Å²) in [6.07, 6.45) is -0.334. The van der Waals surface area contributed by atoms with Crippen molar-refractivity contribution >= 4 is 5.97 Å². The number of esters is 1. The van der Waals surface area contributed by atoms with Crippen LogP contribution in [0, 0.1) is 23.3 Å². The Labute approximate surface area is 117 Å². The third-order valence-corrected chi connectivity index (χ3v) is 2.27. The average Bonchev–Trinajstić information content (AvgIpc) is 2.42. The molecule has 0 saturated carbocycles. The second-order valence-electron chi connectivity index (χ2n) is 3.67. The third kappa shape index (κ3) is 3.45. The number of ether oxygens (including phenoxy) is 3. The molecule has 1 rings (SSSR count). The molecular weight excluding hydrogens is 296 g/mol. The van der Waals surface area contributed by atoms with Crippen LogP contribution < -0.4 is 4.74 Å². The number of hydrogen-bond donors (Lipinski definition) is 0. The van der Waals surface area contributed by atoms with Crippen molar-refractivity contribution in [2.24, 2.45) is 0 Å². The maximum Gasteiger partial charge on any atom is 0.344 e. The normalized spacial score (nSPS) is 11.7. The molecular formula is C13H12F4O4. The lowest BCUT2D eigenvalue weighted by Crippen LogP contribution is -2.19.